The first-order chi connectivity index (χ1) is 11.1. The molecule has 0 unspecified atom stereocenters. The van der Waals surface area contributed by atoms with Gasteiger partial charge in [0.2, 0.25) is 0 Å². The quantitative estimate of drug-likeness (QED) is 0.463. The number of amides is 1. The van der Waals surface area contributed by atoms with E-state index in [9.17, 15) is 4.79 Å². The number of thiazole rings is 1. The van der Waals surface area contributed by atoms with Crippen LogP contribution in [0.2, 0.25) is 0 Å². The third-order valence-electron chi connectivity index (χ3n) is 3.02. The molecule has 23 heavy (non-hydrogen) atoms. The van der Waals surface area contributed by atoms with Crippen molar-refractivity contribution in [3.05, 3.63) is 40.4 Å². The summed E-state index contributed by atoms with van der Waals surface area (Å²) in [5.74, 6) is 0.475. The first-order valence-corrected chi connectivity index (χ1v) is 8.21. The van der Waals surface area contributed by atoms with Gasteiger partial charge in [-0.1, -0.05) is 36.8 Å². The number of hydrogen-bond donors (Lipinski definition) is 2. The van der Waals surface area contributed by atoms with Crippen LogP contribution in [0.3, 0.4) is 0 Å². The van der Waals surface area contributed by atoms with E-state index in [1.54, 1.807) is 13.1 Å². The topological polar surface area (TPSA) is 89.6 Å². The smallest absolute Gasteiger partial charge is 0.283 e. The number of nitrogens with zero attached hydrogens (tertiary/aromatic N) is 2. The number of unbranched alkanes of at least 4 members (excludes halogenated alkanes) is 1. The molecule has 1 heterocycles. The standard InChI is InChI=1S/C16H20N4O2S/c1-3-4-8-22-13-7-5-6-12(9-13)10-18-20-15(21)14-11(2)19-16(17)23-14/h5-7,9-10H,3-4,8H2,1-2H3,(H2,17,19)(H,20,21)/b18-10-. The van der Waals surface area contributed by atoms with E-state index in [1.165, 1.54) is 0 Å². The number of nitrogen functional groups attached to an aromatic ring is 1. The Morgan fingerprint density at radius 1 is 1.52 bits per heavy atom. The van der Waals surface area contributed by atoms with E-state index in [0.29, 0.717) is 22.3 Å². The highest BCUT2D eigenvalue weighted by Gasteiger charge is 2.13. The molecule has 0 saturated carbocycles. The molecule has 0 aliphatic heterocycles. The van der Waals surface area contributed by atoms with Gasteiger partial charge in [-0.05, 0) is 31.0 Å². The fourth-order valence-corrected chi connectivity index (χ4v) is 2.59. The number of hydrogen-bond acceptors (Lipinski definition) is 6. The Balaban J connectivity index is 1.93. The van der Waals surface area contributed by atoms with E-state index >= 15 is 0 Å². The Hall–Kier alpha value is -2.41. The first kappa shape index (κ1) is 17.0. The first-order valence-electron chi connectivity index (χ1n) is 7.39. The number of ether oxygens (including phenoxy) is 1. The van der Waals surface area contributed by atoms with Crippen LogP contribution in [0.25, 0.3) is 0 Å². The molecule has 1 aromatic heterocycles. The number of carbonyl (C=O) groups is 1. The molecule has 122 valence electrons. The summed E-state index contributed by atoms with van der Waals surface area (Å²) >= 11 is 1.14. The minimum absolute atomic E-state index is 0.316. The minimum atomic E-state index is -0.316. The van der Waals surface area contributed by atoms with Crippen LogP contribution in [0.4, 0.5) is 5.13 Å². The molecular weight excluding hydrogens is 312 g/mol. The number of nitrogens with one attached hydrogen (secondary N) is 1. The second kappa shape index (κ2) is 8.28. The maximum atomic E-state index is 12.0. The van der Waals surface area contributed by atoms with Crippen molar-refractivity contribution in [3.8, 4) is 5.75 Å². The van der Waals surface area contributed by atoms with E-state index in [4.69, 9.17) is 10.5 Å². The van der Waals surface area contributed by atoms with Crippen LogP contribution in [0.15, 0.2) is 29.4 Å². The summed E-state index contributed by atoms with van der Waals surface area (Å²) in [5.41, 5.74) is 9.51. The Bertz CT molecular complexity index is 697. The molecule has 0 radical (unpaired) electrons. The van der Waals surface area contributed by atoms with Gasteiger partial charge in [0, 0.05) is 0 Å². The molecule has 0 spiro atoms. The predicted octanol–water partition coefficient (Wildman–Crippen LogP) is 2.98. The van der Waals surface area contributed by atoms with Crippen LogP contribution >= 0.6 is 11.3 Å². The molecule has 0 aliphatic carbocycles. The van der Waals surface area contributed by atoms with Crippen molar-refractivity contribution in [2.24, 2.45) is 5.10 Å². The molecule has 3 N–H and O–H groups in total. The largest absolute Gasteiger partial charge is 0.494 e. The van der Waals surface area contributed by atoms with E-state index in [2.05, 4.69) is 22.4 Å². The van der Waals surface area contributed by atoms with Crippen molar-refractivity contribution in [1.82, 2.24) is 10.4 Å². The molecular formula is C16H20N4O2S. The van der Waals surface area contributed by atoms with Gasteiger partial charge in [-0.3, -0.25) is 4.79 Å². The second-order valence-corrected chi connectivity index (χ2v) is 5.97. The van der Waals surface area contributed by atoms with Gasteiger partial charge in [-0.2, -0.15) is 5.10 Å². The molecule has 2 rings (SSSR count). The molecule has 0 aliphatic rings. The summed E-state index contributed by atoms with van der Waals surface area (Å²) in [6.45, 7) is 4.55. The van der Waals surface area contributed by atoms with Gasteiger partial charge in [-0.25, -0.2) is 10.4 Å². The fraction of sp³-hybridized carbons (Fsp3) is 0.312. The Morgan fingerprint density at radius 2 is 2.35 bits per heavy atom. The summed E-state index contributed by atoms with van der Waals surface area (Å²) in [7, 11) is 0. The third-order valence-corrected chi connectivity index (χ3v) is 4.01. The van der Waals surface area contributed by atoms with Crippen LogP contribution in [0, 0.1) is 6.92 Å². The van der Waals surface area contributed by atoms with Crippen molar-refractivity contribution in [2.75, 3.05) is 12.3 Å². The lowest BCUT2D eigenvalue weighted by Gasteiger charge is -2.05. The van der Waals surface area contributed by atoms with Crippen LogP contribution in [0.1, 0.15) is 40.7 Å². The Morgan fingerprint density at radius 3 is 3.04 bits per heavy atom. The summed E-state index contributed by atoms with van der Waals surface area (Å²) in [4.78, 5) is 16.5. The van der Waals surface area contributed by atoms with Crippen molar-refractivity contribution >= 4 is 28.6 Å². The van der Waals surface area contributed by atoms with Gasteiger partial charge in [-0.15, -0.1) is 0 Å². The van der Waals surface area contributed by atoms with Gasteiger partial charge in [0.05, 0.1) is 18.5 Å². The number of carbonyl (C=O) groups excluding carboxylic acids is 1. The lowest BCUT2D eigenvalue weighted by atomic mass is 10.2. The van der Waals surface area contributed by atoms with E-state index in [-0.39, 0.29) is 5.91 Å². The Labute approximate surface area is 139 Å². The van der Waals surface area contributed by atoms with Crippen molar-refractivity contribution in [1.29, 1.82) is 0 Å². The van der Waals surface area contributed by atoms with E-state index in [1.807, 2.05) is 24.3 Å². The SMILES string of the molecule is CCCCOc1cccc(/C=N\NC(=O)c2sc(N)nc2C)c1. The molecule has 0 fully saturated rings. The highest BCUT2D eigenvalue weighted by Crippen LogP contribution is 2.19. The highest BCUT2D eigenvalue weighted by molar-refractivity contribution is 7.17. The number of hydrazone groups is 1. The number of aromatic nitrogens is 1. The molecule has 1 amide bonds. The molecule has 0 bridgehead atoms. The fourth-order valence-electron chi connectivity index (χ4n) is 1.86. The maximum absolute atomic E-state index is 12.0. The molecule has 6 nitrogen and oxygen atoms in total. The van der Waals surface area contributed by atoms with Crippen LogP contribution in [-0.4, -0.2) is 23.7 Å². The zero-order valence-electron chi connectivity index (χ0n) is 13.2. The van der Waals surface area contributed by atoms with Crippen molar-refractivity contribution in [2.45, 2.75) is 26.7 Å². The number of benzene rings is 1. The summed E-state index contributed by atoms with van der Waals surface area (Å²) < 4.78 is 5.63. The van der Waals surface area contributed by atoms with Crippen LogP contribution in [0.5, 0.6) is 5.75 Å². The number of rotatable bonds is 7. The number of anilines is 1. The normalized spacial score (nSPS) is 10.9. The zero-order chi connectivity index (χ0) is 16.7. The molecule has 0 saturated heterocycles. The van der Waals surface area contributed by atoms with Gasteiger partial charge in [0.15, 0.2) is 5.13 Å². The lowest BCUT2D eigenvalue weighted by molar-refractivity contribution is 0.0958. The lowest BCUT2D eigenvalue weighted by Crippen LogP contribution is -2.17. The van der Waals surface area contributed by atoms with E-state index < -0.39 is 0 Å². The molecule has 7 heteroatoms. The Kier molecular flexibility index (Phi) is 6.10. The van der Waals surface area contributed by atoms with Crippen molar-refractivity contribution < 1.29 is 9.53 Å². The van der Waals surface area contributed by atoms with Gasteiger partial charge < -0.3 is 10.5 Å². The van der Waals surface area contributed by atoms with Gasteiger partial charge >= 0.3 is 0 Å². The number of aryl methyl sites for hydroxylation is 1. The van der Waals surface area contributed by atoms with Crippen molar-refractivity contribution in [3.63, 3.8) is 0 Å². The molecule has 0 atom stereocenters. The van der Waals surface area contributed by atoms with Gasteiger partial charge in [0.25, 0.3) is 5.91 Å². The molecule has 2 aromatic rings. The summed E-state index contributed by atoms with van der Waals surface area (Å²) in [5, 5.41) is 4.33. The average Bonchev–Trinajstić information content (AvgIpc) is 2.87. The summed E-state index contributed by atoms with van der Waals surface area (Å²) in [6.07, 6.45) is 3.69. The monoisotopic (exact) mass is 332 g/mol. The highest BCUT2D eigenvalue weighted by atomic mass is 32.1. The number of nitrogens with two attached hydrogens (primary N) is 1. The second-order valence-electron chi connectivity index (χ2n) is 4.94. The third kappa shape index (κ3) is 5.07. The van der Waals surface area contributed by atoms with Crippen LogP contribution < -0.4 is 15.9 Å². The average molecular weight is 332 g/mol. The minimum Gasteiger partial charge on any atom is -0.494 e. The van der Waals surface area contributed by atoms with Gasteiger partial charge in [0.1, 0.15) is 10.6 Å². The molecule has 1 aromatic carbocycles. The summed E-state index contributed by atoms with van der Waals surface area (Å²) in [6, 6.07) is 7.55. The predicted molar refractivity (Wildman–Crippen MR) is 93.2 cm³/mol. The van der Waals surface area contributed by atoms with E-state index in [0.717, 1.165) is 35.5 Å². The maximum Gasteiger partial charge on any atom is 0.283 e. The van der Waals surface area contributed by atoms with Crippen LogP contribution in [-0.2, 0) is 0 Å². The zero-order valence-corrected chi connectivity index (χ0v) is 14.0.